The number of nitrogens with zero attached hydrogens (tertiary/aromatic N) is 1. The summed E-state index contributed by atoms with van der Waals surface area (Å²) in [5.74, 6) is 4.33. The van der Waals surface area contributed by atoms with Crippen molar-refractivity contribution in [2.24, 2.45) is 5.73 Å². The Morgan fingerprint density at radius 3 is 2.81 bits per heavy atom. The van der Waals surface area contributed by atoms with E-state index in [1.54, 1.807) is 12.3 Å². The molecule has 8 heteroatoms. The number of benzene rings is 1. The minimum atomic E-state index is -4.02. The van der Waals surface area contributed by atoms with E-state index >= 15 is 0 Å². The highest BCUT2D eigenvalue weighted by Crippen LogP contribution is 2.22. The first-order valence-corrected chi connectivity index (χ1v) is 8.22. The summed E-state index contributed by atoms with van der Waals surface area (Å²) in [5.41, 5.74) is 6.27. The molecule has 0 saturated heterocycles. The molecule has 110 valence electrons. The van der Waals surface area contributed by atoms with Crippen LogP contribution in [0.2, 0.25) is 0 Å². The van der Waals surface area contributed by atoms with E-state index < -0.39 is 20.7 Å². The molecule has 0 aliphatic heterocycles. The zero-order chi connectivity index (χ0) is 15.5. The maximum Gasteiger partial charge on any atom is 0.266 e. The fourth-order valence-corrected chi connectivity index (χ4v) is 3.52. The zero-order valence-corrected chi connectivity index (χ0v) is 12.7. The molecule has 0 aliphatic rings. The molecule has 1 aromatic heterocycles. The van der Waals surface area contributed by atoms with Crippen LogP contribution in [0.4, 0.5) is 9.52 Å². The second-order valence-electron chi connectivity index (χ2n) is 4.05. The quantitative estimate of drug-likeness (QED) is 0.841. The fraction of sp³-hybridized carbons (Fsp3) is 0.154. The van der Waals surface area contributed by atoms with Gasteiger partial charge in [-0.1, -0.05) is 11.8 Å². The van der Waals surface area contributed by atoms with Crippen molar-refractivity contribution in [2.45, 2.75) is 11.8 Å². The van der Waals surface area contributed by atoms with Gasteiger partial charge in [-0.3, -0.25) is 4.72 Å². The zero-order valence-electron chi connectivity index (χ0n) is 11.1. The highest BCUT2D eigenvalue weighted by atomic mass is 32.2. The third kappa shape index (κ3) is 3.78. The molecule has 0 fully saturated rings. The molecule has 0 saturated carbocycles. The lowest BCUT2D eigenvalue weighted by molar-refractivity contribution is 0.570. The van der Waals surface area contributed by atoms with E-state index in [0.29, 0.717) is 11.3 Å². The summed E-state index contributed by atoms with van der Waals surface area (Å²) in [6.45, 7) is 1.88. The van der Waals surface area contributed by atoms with Gasteiger partial charge in [-0.25, -0.2) is 17.8 Å². The van der Waals surface area contributed by atoms with E-state index in [0.717, 1.165) is 17.4 Å². The number of aromatic nitrogens is 1. The molecule has 0 spiro atoms. The first-order valence-electron chi connectivity index (χ1n) is 5.86. The number of hydrogen-bond donors (Lipinski definition) is 2. The van der Waals surface area contributed by atoms with E-state index in [-0.39, 0.29) is 11.7 Å². The lowest BCUT2D eigenvalue weighted by atomic mass is 10.2. The molecule has 1 heterocycles. The molecule has 21 heavy (non-hydrogen) atoms. The number of hydrogen-bond acceptors (Lipinski definition) is 5. The summed E-state index contributed by atoms with van der Waals surface area (Å²) >= 11 is 1.13. The lowest BCUT2D eigenvalue weighted by Gasteiger charge is -2.06. The second kappa shape index (κ2) is 6.22. The molecular weight excluding hydrogens is 313 g/mol. The third-order valence-corrected chi connectivity index (χ3v) is 4.77. The Labute approximate surface area is 126 Å². The van der Waals surface area contributed by atoms with Gasteiger partial charge in [0.1, 0.15) is 10.7 Å². The Kier molecular flexibility index (Phi) is 4.57. The van der Waals surface area contributed by atoms with Crippen LogP contribution in [0.1, 0.15) is 11.3 Å². The van der Waals surface area contributed by atoms with Gasteiger partial charge in [-0.2, -0.15) is 0 Å². The average Bonchev–Trinajstić information content (AvgIpc) is 2.80. The summed E-state index contributed by atoms with van der Waals surface area (Å²) < 4.78 is 40.4. The van der Waals surface area contributed by atoms with Gasteiger partial charge in [-0.05, 0) is 25.1 Å². The molecule has 2 aromatic rings. The Morgan fingerprint density at radius 2 is 2.24 bits per heavy atom. The van der Waals surface area contributed by atoms with Crippen molar-refractivity contribution in [3.63, 3.8) is 0 Å². The van der Waals surface area contributed by atoms with Gasteiger partial charge in [0, 0.05) is 10.9 Å². The Bertz CT molecular complexity index is 819. The Balaban J connectivity index is 2.32. The Morgan fingerprint density at radius 1 is 1.48 bits per heavy atom. The van der Waals surface area contributed by atoms with Gasteiger partial charge >= 0.3 is 0 Å². The normalized spacial score (nSPS) is 10.8. The van der Waals surface area contributed by atoms with Crippen LogP contribution in [0, 0.1) is 24.6 Å². The third-order valence-electron chi connectivity index (χ3n) is 2.40. The number of aryl methyl sites for hydroxylation is 1. The topological polar surface area (TPSA) is 85.1 Å². The largest absolute Gasteiger partial charge is 0.320 e. The van der Waals surface area contributed by atoms with Crippen LogP contribution < -0.4 is 10.5 Å². The molecule has 0 bridgehead atoms. The second-order valence-corrected chi connectivity index (χ2v) is 6.56. The van der Waals surface area contributed by atoms with Crippen molar-refractivity contribution < 1.29 is 12.8 Å². The van der Waals surface area contributed by atoms with E-state index in [2.05, 4.69) is 21.5 Å². The van der Waals surface area contributed by atoms with Crippen LogP contribution in [0.3, 0.4) is 0 Å². The van der Waals surface area contributed by atoms with Crippen LogP contribution in [0.15, 0.2) is 28.5 Å². The number of nitrogens with two attached hydrogens (primary N) is 1. The molecule has 0 aliphatic carbocycles. The number of halogens is 1. The average molecular weight is 325 g/mol. The number of nitrogens with one attached hydrogen (secondary N) is 1. The molecule has 0 unspecified atom stereocenters. The summed E-state index contributed by atoms with van der Waals surface area (Å²) in [4.78, 5) is 3.53. The van der Waals surface area contributed by atoms with Crippen LogP contribution in [0.25, 0.3) is 0 Å². The Hall–Kier alpha value is -1.95. The maximum atomic E-state index is 13.9. The van der Waals surface area contributed by atoms with Crippen molar-refractivity contribution in [2.75, 3.05) is 11.3 Å². The molecule has 3 N–H and O–H groups in total. The van der Waals surface area contributed by atoms with E-state index in [1.807, 2.05) is 0 Å². The molecule has 0 amide bonds. The summed E-state index contributed by atoms with van der Waals surface area (Å²) in [6.07, 6.45) is 0. The van der Waals surface area contributed by atoms with Gasteiger partial charge in [-0.15, -0.1) is 11.3 Å². The van der Waals surface area contributed by atoms with Crippen LogP contribution in [0.5, 0.6) is 0 Å². The SMILES string of the molecule is Cc1csc(NS(=O)(=O)c2ccc(C#CCN)cc2F)n1. The van der Waals surface area contributed by atoms with Crippen molar-refractivity contribution in [1.29, 1.82) is 0 Å². The van der Waals surface area contributed by atoms with Gasteiger partial charge < -0.3 is 5.73 Å². The smallest absolute Gasteiger partial charge is 0.266 e. The molecule has 1 aromatic carbocycles. The van der Waals surface area contributed by atoms with Crippen molar-refractivity contribution in [3.8, 4) is 11.8 Å². The molecule has 0 atom stereocenters. The number of sulfonamides is 1. The van der Waals surface area contributed by atoms with Crippen LogP contribution in [-0.2, 0) is 10.0 Å². The minimum absolute atomic E-state index is 0.145. The first kappa shape index (κ1) is 15.4. The molecule has 0 radical (unpaired) electrons. The van der Waals surface area contributed by atoms with E-state index in [1.165, 1.54) is 12.1 Å². The molecule has 2 rings (SSSR count). The first-order chi connectivity index (χ1) is 9.92. The summed E-state index contributed by atoms with van der Waals surface area (Å²) in [7, 11) is -4.02. The van der Waals surface area contributed by atoms with E-state index in [9.17, 15) is 12.8 Å². The van der Waals surface area contributed by atoms with Crippen molar-refractivity contribution in [1.82, 2.24) is 4.98 Å². The minimum Gasteiger partial charge on any atom is -0.320 e. The summed E-state index contributed by atoms with van der Waals surface area (Å²) in [6, 6.07) is 3.65. The van der Waals surface area contributed by atoms with Crippen molar-refractivity contribution in [3.05, 3.63) is 40.7 Å². The lowest BCUT2D eigenvalue weighted by Crippen LogP contribution is -2.14. The van der Waals surface area contributed by atoms with Gasteiger partial charge in [0.2, 0.25) is 0 Å². The molecular formula is C13H12FN3O2S2. The van der Waals surface area contributed by atoms with Gasteiger partial charge in [0.15, 0.2) is 5.13 Å². The molecule has 5 nitrogen and oxygen atoms in total. The van der Waals surface area contributed by atoms with E-state index in [4.69, 9.17) is 5.73 Å². The monoisotopic (exact) mass is 325 g/mol. The van der Waals surface area contributed by atoms with Crippen LogP contribution >= 0.6 is 11.3 Å². The number of anilines is 1. The van der Waals surface area contributed by atoms with Gasteiger partial charge in [0.05, 0.1) is 12.2 Å². The number of thiazole rings is 1. The highest BCUT2D eigenvalue weighted by molar-refractivity contribution is 7.93. The van der Waals surface area contributed by atoms with Crippen molar-refractivity contribution >= 4 is 26.5 Å². The number of rotatable bonds is 3. The summed E-state index contributed by atoms with van der Waals surface area (Å²) in [5, 5.41) is 1.89. The maximum absolute atomic E-state index is 13.9. The van der Waals surface area contributed by atoms with Gasteiger partial charge in [0.25, 0.3) is 10.0 Å². The van der Waals surface area contributed by atoms with Crippen LogP contribution in [-0.4, -0.2) is 19.9 Å². The predicted molar refractivity (Wildman–Crippen MR) is 80.0 cm³/mol. The fourth-order valence-electron chi connectivity index (χ4n) is 1.52. The highest BCUT2D eigenvalue weighted by Gasteiger charge is 2.20. The predicted octanol–water partition coefficient (Wildman–Crippen LogP) is 1.70. The standard InChI is InChI=1S/C13H12FN3O2S2/c1-9-8-20-13(16-9)17-21(18,19)12-5-4-10(3-2-6-15)7-11(12)14/h4-5,7-8H,6,15H2,1H3,(H,16,17).